The van der Waals surface area contributed by atoms with Crippen LogP contribution in [0.25, 0.3) is 0 Å². The Hall–Kier alpha value is -2.45. The fraction of sp³-hybridized carbons (Fsp3) is 0.211. The van der Waals surface area contributed by atoms with Gasteiger partial charge in [-0.15, -0.1) is 10.2 Å². The molecule has 0 aliphatic heterocycles. The lowest BCUT2D eigenvalue weighted by atomic mass is 10.2. The molecule has 1 amide bonds. The summed E-state index contributed by atoms with van der Waals surface area (Å²) in [4.78, 5) is 12.2. The van der Waals surface area contributed by atoms with E-state index in [1.807, 2.05) is 0 Å². The van der Waals surface area contributed by atoms with Crippen LogP contribution < -0.4 is 10.1 Å². The van der Waals surface area contributed by atoms with Gasteiger partial charge in [0.05, 0.1) is 0 Å². The minimum Gasteiger partial charge on any atom is -0.481 e. The number of nitrogens with one attached hydrogen (secondary N) is 1. The Balaban J connectivity index is 1.50. The molecule has 0 aliphatic carbocycles. The SMILES string of the molecule is Cc1ccc(CSc2nnc(NC(=O)[C@H](C)Oc3ccc(F)cc3)s2)cc1. The second kappa shape index (κ2) is 8.96. The van der Waals surface area contributed by atoms with Crippen LogP contribution in [0.1, 0.15) is 18.1 Å². The molecule has 140 valence electrons. The van der Waals surface area contributed by atoms with Crippen molar-refractivity contribution in [3.8, 4) is 5.75 Å². The number of thioether (sulfide) groups is 1. The van der Waals surface area contributed by atoms with E-state index in [0.717, 1.165) is 10.1 Å². The molecule has 1 heterocycles. The monoisotopic (exact) mass is 403 g/mol. The topological polar surface area (TPSA) is 64.1 Å². The maximum Gasteiger partial charge on any atom is 0.266 e. The van der Waals surface area contributed by atoms with Gasteiger partial charge in [0.2, 0.25) is 5.13 Å². The zero-order chi connectivity index (χ0) is 19.2. The number of hydrogen-bond acceptors (Lipinski definition) is 6. The van der Waals surface area contributed by atoms with E-state index < -0.39 is 6.10 Å². The minimum absolute atomic E-state index is 0.342. The zero-order valence-electron chi connectivity index (χ0n) is 14.8. The number of hydrogen-bond donors (Lipinski definition) is 1. The summed E-state index contributed by atoms with van der Waals surface area (Å²) in [6.07, 6.45) is -0.747. The quantitative estimate of drug-likeness (QED) is 0.458. The summed E-state index contributed by atoms with van der Waals surface area (Å²) < 4.78 is 19.2. The molecule has 0 saturated heterocycles. The van der Waals surface area contributed by atoms with Gasteiger partial charge in [0, 0.05) is 5.75 Å². The molecule has 2 aromatic carbocycles. The molecule has 0 aliphatic rings. The number of anilines is 1. The van der Waals surface area contributed by atoms with Crippen molar-refractivity contribution in [1.29, 1.82) is 0 Å². The highest BCUT2D eigenvalue weighted by molar-refractivity contribution is 8.00. The average Bonchev–Trinajstić information content (AvgIpc) is 3.10. The molecule has 0 bridgehead atoms. The van der Waals surface area contributed by atoms with Crippen molar-refractivity contribution in [2.75, 3.05) is 5.32 Å². The first kappa shape index (κ1) is 19.3. The maximum absolute atomic E-state index is 12.9. The third kappa shape index (κ3) is 5.77. The van der Waals surface area contributed by atoms with Gasteiger partial charge in [0.15, 0.2) is 10.4 Å². The Bertz CT molecular complexity index is 898. The van der Waals surface area contributed by atoms with E-state index in [0.29, 0.717) is 10.9 Å². The summed E-state index contributed by atoms with van der Waals surface area (Å²) >= 11 is 2.88. The second-order valence-corrected chi connectivity index (χ2v) is 8.05. The predicted molar refractivity (Wildman–Crippen MR) is 106 cm³/mol. The standard InChI is InChI=1S/C19H18FN3O2S2/c1-12-3-5-14(6-4-12)11-26-19-23-22-18(27-19)21-17(24)13(2)25-16-9-7-15(20)8-10-16/h3-10,13H,11H2,1-2H3,(H,21,22,24)/t13-/m0/s1. The predicted octanol–water partition coefficient (Wildman–Crippen LogP) is 4.68. The molecule has 3 aromatic rings. The number of rotatable bonds is 7. The van der Waals surface area contributed by atoms with Gasteiger partial charge >= 0.3 is 0 Å². The Labute approximate surface area is 165 Å². The molecular weight excluding hydrogens is 385 g/mol. The Morgan fingerprint density at radius 1 is 1.19 bits per heavy atom. The number of halogens is 1. The number of amides is 1. The van der Waals surface area contributed by atoms with Gasteiger partial charge in [-0.1, -0.05) is 52.9 Å². The van der Waals surface area contributed by atoms with Gasteiger partial charge in [-0.05, 0) is 43.7 Å². The van der Waals surface area contributed by atoms with Crippen LogP contribution in [-0.2, 0) is 10.5 Å². The van der Waals surface area contributed by atoms with Gasteiger partial charge in [-0.2, -0.15) is 0 Å². The van der Waals surface area contributed by atoms with Crippen molar-refractivity contribution in [3.05, 3.63) is 65.5 Å². The van der Waals surface area contributed by atoms with E-state index in [9.17, 15) is 9.18 Å². The van der Waals surface area contributed by atoms with Crippen molar-refractivity contribution in [2.24, 2.45) is 0 Å². The van der Waals surface area contributed by atoms with E-state index in [2.05, 4.69) is 46.7 Å². The summed E-state index contributed by atoms with van der Waals surface area (Å²) in [6.45, 7) is 3.67. The molecule has 5 nitrogen and oxygen atoms in total. The highest BCUT2D eigenvalue weighted by atomic mass is 32.2. The highest BCUT2D eigenvalue weighted by Gasteiger charge is 2.17. The number of benzene rings is 2. The molecular formula is C19H18FN3O2S2. The number of nitrogens with zero attached hydrogens (tertiary/aromatic N) is 2. The van der Waals surface area contributed by atoms with Crippen LogP contribution in [0.4, 0.5) is 9.52 Å². The minimum atomic E-state index is -0.747. The van der Waals surface area contributed by atoms with Crippen molar-refractivity contribution in [1.82, 2.24) is 10.2 Å². The van der Waals surface area contributed by atoms with E-state index >= 15 is 0 Å². The van der Waals surface area contributed by atoms with Gasteiger partial charge in [0.1, 0.15) is 11.6 Å². The summed E-state index contributed by atoms with van der Waals surface area (Å²) in [5, 5.41) is 11.2. The Morgan fingerprint density at radius 3 is 2.59 bits per heavy atom. The van der Waals surface area contributed by atoms with E-state index in [1.54, 1.807) is 18.7 Å². The first-order valence-corrected chi connectivity index (χ1v) is 10.0. The smallest absolute Gasteiger partial charge is 0.266 e. The van der Waals surface area contributed by atoms with Gasteiger partial charge < -0.3 is 4.74 Å². The third-order valence-electron chi connectivity index (χ3n) is 3.62. The summed E-state index contributed by atoms with van der Waals surface area (Å²) in [6, 6.07) is 13.8. The molecule has 0 unspecified atom stereocenters. The van der Waals surface area contributed by atoms with Crippen LogP contribution in [0.15, 0.2) is 52.9 Å². The molecule has 0 fully saturated rings. The van der Waals surface area contributed by atoms with Crippen LogP contribution in [0.5, 0.6) is 5.75 Å². The molecule has 1 N–H and O–H groups in total. The number of carbonyl (C=O) groups is 1. The summed E-state index contributed by atoms with van der Waals surface area (Å²) in [5.41, 5.74) is 2.43. The zero-order valence-corrected chi connectivity index (χ0v) is 16.4. The molecule has 27 heavy (non-hydrogen) atoms. The molecule has 0 spiro atoms. The van der Waals surface area contributed by atoms with Crippen LogP contribution in [0, 0.1) is 12.7 Å². The Morgan fingerprint density at radius 2 is 1.89 bits per heavy atom. The first-order chi connectivity index (χ1) is 13.0. The van der Waals surface area contributed by atoms with Crippen LogP contribution in [0.2, 0.25) is 0 Å². The molecule has 8 heteroatoms. The van der Waals surface area contributed by atoms with E-state index in [1.165, 1.54) is 46.7 Å². The lowest BCUT2D eigenvalue weighted by Gasteiger charge is -2.13. The second-order valence-electron chi connectivity index (χ2n) is 5.85. The molecule has 1 atom stereocenters. The molecule has 0 saturated carbocycles. The van der Waals surface area contributed by atoms with Gasteiger partial charge in [-0.3, -0.25) is 10.1 Å². The maximum atomic E-state index is 12.9. The molecule has 1 aromatic heterocycles. The Kier molecular flexibility index (Phi) is 6.41. The van der Waals surface area contributed by atoms with Crippen molar-refractivity contribution in [2.45, 2.75) is 30.0 Å². The fourth-order valence-electron chi connectivity index (χ4n) is 2.13. The van der Waals surface area contributed by atoms with Gasteiger partial charge in [0.25, 0.3) is 5.91 Å². The average molecular weight is 404 g/mol. The molecule has 3 rings (SSSR count). The summed E-state index contributed by atoms with van der Waals surface area (Å²) in [5.74, 6) is 0.507. The summed E-state index contributed by atoms with van der Waals surface area (Å²) in [7, 11) is 0. The lowest BCUT2D eigenvalue weighted by Crippen LogP contribution is -2.30. The van der Waals surface area contributed by atoms with Crippen LogP contribution in [0.3, 0.4) is 0 Å². The lowest BCUT2D eigenvalue weighted by molar-refractivity contribution is -0.122. The normalized spacial score (nSPS) is 11.8. The third-order valence-corrected chi connectivity index (χ3v) is 5.66. The van der Waals surface area contributed by atoms with Gasteiger partial charge in [-0.25, -0.2) is 4.39 Å². The molecule has 0 radical (unpaired) electrons. The fourth-order valence-corrected chi connectivity index (χ4v) is 3.84. The highest BCUT2D eigenvalue weighted by Crippen LogP contribution is 2.28. The van der Waals surface area contributed by atoms with E-state index in [-0.39, 0.29) is 11.7 Å². The van der Waals surface area contributed by atoms with Crippen molar-refractivity contribution < 1.29 is 13.9 Å². The van der Waals surface area contributed by atoms with Crippen molar-refractivity contribution in [3.63, 3.8) is 0 Å². The first-order valence-electron chi connectivity index (χ1n) is 8.24. The number of ether oxygens (including phenoxy) is 1. The number of carbonyl (C=O) groups excluding carboxylic acids is 1. The number of aryl methyl sites for hydroxylation is 1. The van der Waals surface area contributed by atoms with Crippen LogP contribution >= 0.6 is 23.1 Å². The number of aromatic nitrogens is 2. The van der Waals surface area contributed by atoms with Crippen molar-refractivity contribution >= 4 is 34.1 Å². The van der Waals surface area contributed by atoms with E-state index in [4.69, 9.17) is 4.74 Å². The largest absolute Gasteiger partial charge is 0.481 e. The van der Waals surface area contributed by atoms with Crippen LogP contribution in [-0.4, -0.2) is 22.2 Å².